The lowest BCUT2D eigenvalue weighted by Crippen LogP contribution is -2.48. The highest BCUT2D eigenvalue weighted by molar-refractivity contribution is 5.77. The lowest BCUT2D eigenvalue weighted by molar-refractivity contribution is -0.151. The molecule has 0 spiro atoms. The van der Waals surface area contributed by atoms with E-state index in [-0.39, 0.29) is 17.9 Å². The predicted octanol–water partition coefficient (Wildman–Crippen LogP) is 3.55. The van der Waals surface area contributed by atoms with E-state index in [9.17, 15) is 18.0 Å². The number of alkyl halides is 3. The number of halogens is 3. The minimum atomic E-state index is -4.32. The molecule has 9 heteroatoms. The van der Waals surface area contributed by atoms with Crippen molar-refractivity contribution in [3.05, 3.63) is 47.7 Å². The van der Waals surface area contributed by atoms with Gasteiger partial charge < -0.3 is 14.6 Å². The second-order valence-electron chi connectivity index (χ2n) is 7.68. The summed E-state index contributed by atoms with van der Waals surface area (Å²) in [5, 5.41) is 11.8. The summed E-state index contributed by atoms with van der Waals surface area (Å²) < 4.78 is 42.7. The second-order valence-corrected chi connectivity index (χ2v) is 7.68. The van der Waals surface area contributed by atoms with E-state index in [4.69, 9.17) is 4.42 Å². The van der Waals surface area contributed by atoms with Gasteiger partial charge in [-0.05, 0) is 24.9 Å². The van der Waals surface area contributed by atoms with E-state index in [0.717, 1.165) is 19.4 Å². The quantitative estimate of drug-likeness (QED) is 0.819. The molecule has 2 aliphatic heterocycles. The molecule has 0 bridgehead atoms. The Morgan fingerprint density at radius 3 is 2.62 bits per heavy atom. The molecule has 0 unspecified atom stereocenters. The van der Waals surface area contributed by atoms with Crippen molar-refractivity contribution >= 4 is 5.91 Å². The minimum Gasteiger partial charge on any atom is -0.423 e. The monoisotopic (exact) mass is 408 g/mol. The van der Waals surface area contributed by atoms with Crippen molar-refractivity contribution < 1.29 is 22.4 Å². The van der Waals surface area contributed by atoms with Crippen molar-refractivity contribution in [2.75, 3.05) is 19.6 Å². The van der Waals surface area contributed by atoms with Crippen molar-refractivity contribution in [3.8, 4) is 0 Å². The Labute approximate surface area is 166 Å². The molecule has 0 aliphatic carbocycles. The summed E-state index contributed by atoms with van der Waals surface area (Å²) in [6.07, 6.45) is -3.84. The van der Waals surface area contributed by atoms with Gasteiger partial charge in [0.15, 0.2) is 0 Å². The smallest absolute Gasteiger partial charge is 0.389 e. The van der Waals surface area contributed by atoms with Gasteiger partial charge in [0.05, 0.1) is 18.4 Å². The molecule has 1 aromatic heterocycles. The number of aromatic nitrogens is 2. The van der Waals surface area contributed by atoms with Crippen LogP contribution in [0.25, 0.3) is 0 Å². The molecule has 1 N–H and O–H groups in total. The molecule has 2 saturated heterocycles. The van der Waals surface area contributed by atoms with Crippen molar-refractivity contribution in [2.24, 2.45) is 0 Å². The average Bonchev–Trinajstić information content (AvgIpc) is 3.15. The number of hydrogen-bond donors (Lipinski definition) is 1. The van der Waals surface area contributed by atoms with Crippen LogP contribution in [0.5, 0.6) is 0 Å². The summed E-state index contributed by atoms with van der Waals surface area (Å²) in [6.45, 7) is 1.51. The van der Waals surface area contributed by atoms with Crippen LogP contribution in [0, 0.1) is 0 Å². The van der Waals surface area contributed by atoms with Crippen LogP contribution in [0.1, 0.15) is 60.9 Å². The van der Waals surface area contributed by atoms with Crippen LogP contribution in [0.2, 0.25) is 0 Å². The fraction of sp³-hybridized carbons (Fsp3) is 0.550. The van der Waals surface area contributed by atoms with E-state index in [0.29, 0.717) is 24.9 Å². The first-order valence-corrected chi connectivity index (χ1v) is 9.87. The molecule has 29 heavy (non-hydrogen) atoms. The van der Waals surface area contributed by atoms with Gasteiger partial charge in [0.1, 0.15) is 0 Å². The van der Waals surface area contributed by atoms with Crippen molar-refractivity contribution in [2.45, 2.75) is 49.7 Å². The predicted molar refractivity (Wildman–Crippen MR) is 98.1 cm³/mol. The summed E-state index contributed by atoms with van der Waals surface area (Å²) in [5.41, 5.74) is 1.22. The van der Waals surface area contributed by atoms with Crippen LogP contribution < -0.4 is 5.32 Å². The summed E-state index contributed by atoms with van der Waals surface area (Å²) in [7, 11) is 0. The third kappa shape index (κ3) is 4.60. The van der Waals surface area contributed by atoms with Crippen LogP contribution in [-0.2, 0) is 4.79 Å². The Morgan fingerprint density at radius 1 is 1.17 bits per heavy atom. The number of nitrogens with zero attached hydrogens (tertiary/aromatic N) is 3. The van der Waals surface area contributed by atoms with E-state index in [2.05, 4.69) is 27.6 Å². The van der Waals surface area contributed by atoms with Gasteiger partial charge in [0, 0.05) is 25.4 Å². The number of benzene rings is 1. The van der Waals surface area contributed by atoms with Gasteiger partial charge in [-0.2, -0.15) is 13.2 Å². The zero-order valence-electron chi connectivity index (χ0n) is 15.9. The molecule has 0 radical (unpaired) electrons. The van der Waals surface area contributed by atoms with Crippen LogP contribution in [0.4, 0.5) is 13.2 Å². The molecule has 3 heterocycles. The van der Waals surface area contributed by atoms with E-state index >= 15 is 0 Å². The molecule has 6 nitrogen and oxygen atoms in total. The number of amides is 1. The molecule has 1 aromatic carbocycles. The largest absolute Gasteiger partial charge is 0.423 e. The molecular formula is C20H23F3N4O2. The topological polar surface area (TPSA) is 71.3 Å². The van der Waals surface area contributed by atoms with E-state index in [1.165, 1.54) is 10.5 Å². The molecular weight excluding hydrogens is 385 g/mol. The maximum absolute atomic E-state index is 12.3. The highest BCUT2D eigenvalue weighted by Crippen LogP contribution is 2.38. The minimum absolute atomic E-state index is 0.0722. The number of likely N-dealkylation sites (tertiary alicyclic amines) is 1. The Balaban J connectivity index is 1.37. The standard InChI is InChI=1S/C20H23F3N4O2/c21-20(22,23)9-8-16(28)27-11-14(12-27)18-25-26-19(29-18)17-15(7-4-10-24-17)13-5-2-1-3-6-13/h1-3,5-6,14-15,17,24H,4,7-12H2/t15-,17-/m1/s1. The Bertz CT molecular complexity index is 834. The lowest BCUT2D eigenvalue weighted by atomic mass is 9.85. The Morgan fingerprint density at radius 2 is 1.90 bits per heavy atom. The maximum Gasteiger partial charge on any atom is 0.389 e. The fourth-order valence-corrected chi connectivity index (χ4v) is 3.99. The highest BCUT2D eigenvalue weighted by atomic mass is 19.4. The molecule has 0 saturated carbocycles. The summed E-state index contributed by atoms with van der Waals surface area (Å²) >= 11 is 0. The summed E-state index contributed by atoms with van der Waals surface area (Å²) in [5.74, 6) is 0.593. The molecule has 1 amide bonds. The number of carbonyl (C=O) groups is 1. The third-order valence-corrected chi connectivity index (χ3v) is 5.61. The highest BCUT2D eigenvalue weighted by Gasteiger charge is 2.38. The van der Waals surface area contributed by atoms with Crippen LogP contribution in [0.3, 0.4) is 0 Å². The molecule has 4 rings (SSSR count). The van der Waals surface area contributed by atoms with E-state index in [1.54, 1.807) is 0 Å². The zero-order chi connectivity index (χ0) is 20.4. The first-order chi connectivity index (χ1) is 13.9. The van der Waals surface area contributed by atoms with Gasteiger partial charge >= 0.3 is 6.18 Å². The van der Waals surface area contributed by atoms with Crippen LogP contribution >= 0.6 is 0 Å². The van der Waals surface area contributed by atoms with Crippen LogP contribution in [0.15, 0.2) is 34.7 Å². The lowest BCUT2D eigenvalue weighted by Gasteiger charge is -2.37. The number of piperidine rings is 1. The molecule has 2 aromatic rings. The summed E-state index contributed by atoms with van der Waals surface area (Å²) in [4.78, 5) is 13.3. The van der Waals surface area contributed by atoms with Crippen molar-refractivity contribution in [1.82, 2.24) is 20.4 Å². The average molecular weight is 408 g/mol. The van der Waals surface area contributed by atoms with E-state index < -0.39 is 24.9 Å². The first kappa shape index (κ1) is 19.9. The number of nitrogens with one attached hydrogen (secondary N) is 1. The number of hydrogen-bond acceptors (Lipinski definition) is 5. The number of carbonyl (C=O) groups excluding carboxylic acids is 1. The van der Waals surface area contributed by atoms with Gasteiger partial charge in [-0.1, -0.05) is 30.3 Å². The SMILES string of the molecule is O=C(CCC(F)(F)F)N1CC(c2nnc([C@@H]3NCCC[C@@H]3c3ccccc3)o2)C1. The first-order valence-electron chi connectivity index (χ1n) is 9.87. The normalized spacial score (nSPS) is 23.1. The second kappa shape index (κ2) is 8.14. The molecule has 2 fully saturated rings. The molecule has 2 atom stereocenters. The van der Waals surface area contributed by atoms with Crippen LogP contribution in [-0.4, -0.2) is 46.8 Å². The third-order valence-electron chi connectivity index (χ3n) is 5.61. The van der Waals surface area contributed by atoms with Crippen molar-refractivity contribution in [3.63, 3.8) is 0 Å². The Hall–Kier alpha value is -2.42. The van der Waals surface area contributed by atoms with Gasteiger partial charge in [0.25, 0.3) is 0 Å². The molecule has 2 aliphatic rings. The van der Waals surface area contributed by atoms with Gasteiger partial charge in [-0.3, -0.25) is 4.79 Å². The maximum atomic E-state index is 12.3. The number of rotatable bonds is 5. The summed E-state index contributed by atoms with van der Waals surface area (Å²) in [6, 6.07) is 10.1. The van der Waals surface area contributed by atoms with Gasteiger partial charge in [-0.25, -0.2) is 0 Å². The molecule has 156 valence electrons. The Kier molecular flexibility index (Phi) is 5.58. The van der Waals surface area contributed by atoms with Gasteiger partial charge in [0.2, 0.25) is 17.7 Å². The van der Waals surface area contributed by atoms with E-state index in [1.807, 2.05) is 18.2 Å². The van der Waals surface area contributed by atoms with Crippen molar-refractivity contribution in [1.29, 1.82) is 0 Å². The fourth-order valence-electron chi connectivity index (χ4n) is 3.99. The van der Waals surface area contributed by atoms with Gasteiger partial charge in [-0.15, -0.1) is 10.2 Å². The zero-order valence-corrected chi connectivity index (χ0v) is 15.9.